The Morgan fingerprint density at radius 2 is 2.00 bits per heavy atom. The Kier molecular flexibility index (Phi) is 5.25. The molecule has 2 heterocycles. The van der Waals surface area contributed by atoms with Gasteiger partial charge >= 0.3 is 11.2 Å². The first-order valence-corrected chi connectivity index (χ1v) is 8.78. The molecule has 1 amide bonds. The highest BCUT2D eigenvalue weighted by Crippen LogP contribution is 2.33. The summed E-state index contributed by atoms with van der Waals surface area (Å²) in [7, 11) is 0. The summed E-state index contributed by atoms with van der Waals surface area (Å²) in [5.41, 5.74) is -0.185. The van der Waals surface area contributed by atoms with E-state index in [-0.39, 0.29) is 24.6 Å². The van der Waals surface area contributed by atoms with Gasteiger partial charge in [0.25, 0.3) is 5.91 Å². The first-order chi connectivity index (χ1) is 13.3. The van der Waals surface area contributed by atoms with Gasteiger partial charge in [0.05, 0.1) is 17.2 Å². The average molecular weight is 385 g/mol. The third kappa shape index (κ3) is 3.51. The number of ketones is 1. The van der Waals surface area contributed by atoms with Crippen LogP contribution in [0.2, 0.25) is 0 Å². The Hall–Kier alpha value is -3.49. The average Bonchev–Trinajstić information content (AvgIpc) is 2.66. The number of hydrogen-bond donors (Lipinski definition) is 0. The van der Waals surface area contributed by atoms with E-state index in [9.17, 15) is 24.5 Å². The number of nitrogens with zero attached hydrogens (tertiary/aromatic N) is 3. The lowest BCUT2D eigenvalue weighted by Crippen LogP contribution is -2.39. The molecule has 1 aliphatic rings. The number of carbonyl (C=O) groups is 2. The van der Waals surface area contributed by atoms with Crippen LogP contribution >= 0.6 is 0 Å². The van der Waals surface area contributed by atoms with Gasteiger partial charge in [-0.2, -0.15) is 0 Å². The van der Waals surface area contributed by atoms with Gasteiger partial charge in [-0.3, -0.25) is 29.1 Å². The van der Waals surface area contributed by atoms with E-state index in [1.54, 1.807) is 30.0 Å². The van der Waals surface area contributed by atoms with Crippen LogP contribution in [0.4, 0.5) is 11.4 Å². The molecule has 1 aliphatic heterocycles. The molecule has 0 spiro atoms. The van der Waals surface area contributed by atoms with Gasteiger partial charge < -0.3 is 9.64 Å². The zero-order chi connectivity index (χ0) is 20.4. The molecule has 0 unspecified atom stereocenters. The molecule has 28 heavy (non-hydrogen) atoms. The van der Waals surface area contributed by atoms with Gasteiger partial charge in [-0.05, 0) is 37.6 Å². The number of rotatable bonds is 6. The molecule has 1 aromatic carbocycles. The van der Waals surface area contributed by atoms with Crippen molar-refractivity contribution in [1.82, 2.24) is 4.57 Å². The number of aryl methyl sites for hydroxylation is 1. The minimum absolute atomic E-state index is 0.0530. The molecule has 0 N–H and O–H groups in total. The number of anilines is 1. The maximum Gasteiger partial charge on any atom is 0.334 e. The van der Waals surface area contributed by atoms with E-state index < -0.39 is 22.0 Å². The fourth-order valence-electron chi connectivity index (χ4n) is 3.07. The monoisotopic (exact) mass is 385 g/mol. The van der Waals surface area contributed by atoms with Crippen LogP contribution in [0.1, 0.15) is 29.4 Å². The maximum atomic E-state index is 12.8. The fourth-order valence-corrected chi connectivity index (χ4v) is 3.07. The van der Waals surface area contributed by atoms with Gasteiger partial charge in [0, 0.05) is 23.9 Å². The van der Waals surface area contributed by atoms with E-state index in [1.165, 1.54) is 6.07 Å². The van der Waals surface area contributed by atoms with E-state index in [0.29, 0.717) is 23.7 Å². The smallest absolute Gasteiger partial charge is 0.334 e. The third-order valence-corrected chi connectivity index (χ3v) is 4.54. The second kappa shape index (κ2) is 7.63. The summed E-state index contributed by atoms with van der Waals surface area (Å²) < 4.78 is 6.49. The molecule has 0 saturated heterocycles. The Bertz CT molecular complexity index is 1030. The van der Waals surface area contributed by atoms with Crippen molar-refractivity contribution in [3.8, 4) is 5.75 Å². The lowest BCUT2D eigenvalue weighted by molar-refractivity contribution is -0.386. The first kappa shape index (κ1) is 19.3. The largest absolute Gasteiger partial charge is 0.482 e. The van der Waals surface area contributed by atoms with Crippen LogP contribution in [-0.2, 0) is 11.3 Å². The highest BCUT2D eigenvalue weighted by molar-refractivity contribution is 6.01. The number of hydrogen-bond acceptors (Lipinski definition) is 6. The summed E-state index contributed by atoms with van der Waals surface area (Å²) in [4.78, 5) is 49.0. The quantitative estimate of drug-likeness (QED) is 0.428. The van der Waals surface area contributed by atoms with Gasteiger partial charge in [-0.15, -0.1) is 0 Å². The van der Waals surface area contributed by atoms with Crippen molar-refractivity contribution in [2.45, 2.75) is 26.8 Å². The van der Waals surface area contributed by atoms with Crippen molar-refractivity contribution in [2.24, 2.45) is 0 Å². The zero-order valence-corrected chi connectivity index (χ0v) is 15.5. The van der Waals surface area contributed by atoms with Crippen LogP contribution < -0.4 is 15.2 Å². The molecule has 0 radical (unpaired) electrons. The highest BCUT2D eigenvalue weighted by Gasteiger charge is 2.26. The molecule has 1 aromatic heterocycles. The molecular formula is C19H19N3O6. The lowest BCUT2D eigenvalue weighted by Gasteiger charge is -2.29. The molecule has 0 fully saturated rings. The summed E-state index contributed by atoms with van der Waals surface area (Å²) in [5.74, 6) is -0.0824. The number of pyridine rings is 1. The summed E-state index contributed by atoms with van der Waals surface area (Å²) >= 11 is 0. The number of ether oxygens (including phenoxy) is 1. The van der Waals surface area contributed by atoms with Crippen LogP contribution in [0.25, 0.3) is 0 Å². The molecular weight excluding hydrogens is 366 g/mol. The SMILES string of the molecule is CCCN1C(=O)COc2ccc(C(=O)Cn3c(C)ccc([N+](=O)[O-])c3=O)cc21. The number of benzene rings is 1. The van der Waals surface area contributed by atoms with Crippen LogP contribution in [-0.4, -0.2) is 34.3 Å². The van der Waals surface area contributed by atoms with E-state index in [2.05, 4.69) is 0 Å². The van der Waals surface area contributed by atoms with Gasteiger partial charge in [0.1, 0.15) is 5.75 Å². The van der Waals surface area contributed by atoms with Gasteiger partial charge in [0.15, 0.2) is 12.4 Å². The Morgan fingerprint density at radius 1 is 1.25 bits per heavy atom. The zero-order valence-electron chi connectivity index (χ0n) is 15.5. The molecule has 146 valence electrons. The lowest BCUT2D eigenvalue weighted by atomic mass is 10.1. The number of Topliss-reactive ketones (excluding diaryl/α,β-unsaturated/α-hetero) is 1. The first-order valence-electron chi connectivity index (χ1n) is 8.78. The van der Waals surface area contributed by atoms with Gasteiger partial charge in [-0.25, -0.2) is 0 Å². The minimum Gasteiger partial charge on any atom is -0.482 e. The molecule has 9 heteroatoms. The van der Waals surface area contributed by atoms with Gasteiger partial charge in [0.2, 0.25) is 0 Å². The Labute approximate surface area is 160 Å². The predicted octanol–water partition coefficient (Wildman–Crippen LogP) is 2.08. The predicted molar refractivity (Wildman–Crippen MR) is 101 cm³/mol. The number of carbonyl (C=O) groups excluding carboxylic acids is 2. The van der Waals surface area contributed by atoms with Crippen molar-refractivity contribution in [3.63, 3.8) is 0 Å². The van der Waals surface area contributed by atoms with Crippen LogP contribution in [0.5, 0.6) is 5.75 Å². The van der Waals surface area contributed by atoms with Crippen molar-refractivity contribution in [3.05, 3.63) is 62.1 Å². The summed E-state index contributed by atoms with van der Waals surface area (Å²) in [6.07, 6.45) is 0.742. The van der Waals surface area contributed by atoms with Crippen molar-refractivity contribution in [2.75, 3.05) is 18.1 Å². The molecule has 0 aliphatic carbocycles. The van der Waals surface area contributed by atoms with E-state index in [1.807, 2.05) is 6.92 Å². The van der Waals surface area contributed by atoms with E-state index in [0.717, 1.165) is 17.1 Å². The number of aromatic nitrogens is 1. The Balaban J connectivity index is 1.95. The standard InChI is InChI=1S/C19H19N3O6/c1-3-8-20-15-9-13(5-7-17(15)28-11-18(20)24)16(23)10-21-12(2)4-6-14(19(21)25)22(26)27/h4-7,9H,3,8,10-11H2,1-2H3. The topological polar surface area (TPSA) is 112 Å². The fraction of sp³-hybridized carbons (Fsp3) is 0.316. The summed E-state index contributed by atoms with van der Waals surface area (Å²) in [6.45, 7) is 3.64. The van der Waals surface area contributed by atoms with Crippen molar-refractivity contribution >= 4 is 23.1 Å². The van der Waals surface area contributed by atoms with Gasteiger partial charge in [-0.1, -0.05) is 6.92 Å². The second-order valence-corrected chi connectivity index (χ2v) is 6.45. The molecule has 0 bridgehead atoms. The summed E-state index contributed by atoms with van der Waals surface area (Å²) in [6, 6.07) is 7.28. The Morgan fingerprint density at radius 3 is 2.68 bits per heavy atom. The molecule has 9 nitrogen and oxygen atoms in total. The number of fused-ring (bicyclic) bond motifs is 1. The van der Waals surface area contributed by atoms with E-state index >= 15 is 0 Å². The van der Waals surface area contributed by atoms with Crippen LogP contribution in [0.3, 0.4) is 0 Å². The summed E-state index contributed by atoms with van der Waals surface area (Å²) in [5, 5.41) is 11.0. The maximum absolute atomic E-state index is 12.8. The van der Waals surface area contributed by atoms with Crippen LogP contribution in [0.15, 0.2) is 35.1 Å². The van der Waals surface area contributed by atoms with E-state index in [4.69, 9.17) is 4.74 Å². The van der Waals surface area contributed by atoms with Crippen LogP contribution in [0, 0.1) is 17.0 Å². The number of nitro groups is 1. The molecule has 0 saturated carbocycles. The van der Waals surface area contributed by atoms with Crippen molar-refractivity contribution in [1.29, 1.82) is 0 Å². The molecule has 2 aromatic rings. The normalized spacial score (nSPS) is 13.1. The number of amides is 1. The second-order valence-electron chi connectivity index (χ2n) is 6.45. The minimum atomic E-state index is -0.831. The molecule has 3 rings (SSSR count). The third-order valence-electron chi connectivity index (χ3n) is 4.54. The molecule has 0 atom stereocenters. The highest BCUT2D eigenvalue weighted by atomic mass is 16.6. The van der Waals surface area contributed by atoms with Crippen molar-refractivity contribution < 1.29 is 19.2 Å².